The molecule has 56 heavy (non-hydrogen) atoms. The van der Waals surface area contributed by atoms with Crippen LogP contribution >= 0.6 is 0 Å². The Balaban J connectivity index is 4.65. The number of nitrogens with zero attached hydrogens (tertiary/aromatic N) is 1. The standard InChI is InChI=1S/C48H95NO7/c1-5-9-13-17-19-22-32-44(31-21-15-11-7-3)48(54)55-39-28-27-33-45(52)41-49(37-29-38-50)40-43(42-51)30-25-26-36-47(53)56-46(34-23-16-12-8-4)35-24-20-18-14-10-6-2/h43-46,50-52H,5-42H2,1-4H3. The van der Waals surface area contributed by atoms with Crippen molar-refractivity contribution in [2.75, 3.05) is 39.5 Å². The molecule has 0 aliphatic rings. The normalized spacial score (nSPS) is 13.9. The fourth-order valence-electron chi connectivity index (χ4n) is 7.85. The Morgan fingerprint density at radius 1 is 0.536 bits per heavy atom. The van der Waals surface area contributed by atoms with Gasteiger partial charge in [-0.05, 0) is 83.0 Å². The van der Waals surface area contributed by atoms with E-state index in [1.807, 2.05) is 0 Å². The van der Waals surface area contributed by atoms with Gasteiger partial charge in [0.1, 0.15) is 6.10 Å². The number of ether oxygens (including phenoxy) is 2. The van der Waals surface area contributed by atoms with Crippen molar-refractivity contribution in [2.24, 2.45) is 11.8 Å². The van der Waals surface area contributed by atoms with Crippen molar-refractivity contribution in [1.29, 1.82) is 0 Å². The Hall–Kier alpha value is -1.22. The second kappa shape index (κ2) is 41.9. The first-order chi connectivity index (χ1) is 27.3. The quantitative estimate of drug-likeness (QED) is 0.0412. The summed E-state index contributed by atoms with van der Waals surface area (Å²) in [5, 5.41) is 30.6. The molecule has 0 spiro atoms. The molecule has 8 nitrogen and oxygen atoms in total. The maximum atomic E-state index is 13.0. The first-order valence-electron chi connectivity index (χ1n) is 24.3. The molecule has 0 heterocycles. The molecule has 0 saturated carbocycles. The number of hydrogen-bond donors (Lipinski definition) is 3. The monoisotopic (exact) mass is 798 g/mol. The Kier molecular flexibility index (Phi) is 41.0. The molecular formula is C48H95NO7. The summed E-state index contributed by atoms with van der Waals surface area (Å²) in [4.78, 5) is 28.0. The lowest BCUT2D eigenvalue weighted by Gasteiger charge is -2.28. The van der Waals surface area contributed by atoms with Crippen molar-refractivity contribution >= 4 is 11.9 Å². The van der Waals surface area contributed by atoms with Crippen molar-refractivity contribution in [3.63, 3.8) is 0 Å². The van der Waals surface area contributed by atoms with E-state index >= 15 is 0 Å². The number of aliphatic hydroxyl groups excluding tert-OH is 3. The molecule has 4 unspecified atom stereocenters. The van der Waals surface area contributed by atoms with E-state index in [1.54, 1.807) is 0 Å². The SMILES string of the molecule is CCCCCCCCC(CCCCCC)OC(=O)CCCCC(CO)CN(CCCO)CC(O)CCCCOC(=O)C(CCCCCC)CCCCCCCC. The van der Waals surface area contributed by atoms with Crippen LogP contribution < -0.4 is 0 Å². The summed E-state index contributed by atoms with van der Waals surface area (Å²) in [5.74, 6) is -0.0751. The number of rotatable bonds is 44. The van der Waals surface area contributed by atoms with E-state index in [9.17, 15) is 24.9 Å². The first kappa shape index (κ1) is 54.8. The van der Waals surface area contributed by atoms with Crippen LogP contribution in [0.25, 0.3) is 0 Å². The summed E-state index contributed by atoms with van der Waals surface area (Å²) >= 11 is 0. The van der Waals surface area contributed by atoms with Crippen LogP contribution in [0.2, 0.25) is 0 Å². The summed E-state index contributed by atoms with van der Waals surface area (Å²) in [7, 11) is 0. The topological polar surface area (TPSA) is 117 Å². The van der Waals surface area contributed by atoms with E-state index in [4.69, 9.17) is 9.47 Å². The zero-order valence-corrected chi connectivity index (χ0v) is 37.6. The molecule has 0 aromatic rings. The maximum Gasteiger partial charge on any atom is 0.308 e. The number of hydrogen-bond acceptors (Lipinski definition) is 8. The Bertz CT molecular complexity index is 842. The van der Waals surface area contributed by atoms with Crippen LogP contribution in [0.1, 0.15) is 233 Å². The van der Waals surface area contributed by atoms with E-state index in [0.29, 0.717) is 45.5 Å². The van der Waals surface area contributed by atoms with Crippen molar-refractivity contribution in [2.45, 2.75) is 245 Å². The van der Waals surface area contributed by atoms with Crippen LogP contribution in [0.3, 0.4) is 0 Å². The van der Waals surface area contributed by atoms with Crippen LogP contribution in [-0.4, -0.2) is 83.8 Å². The minimum absolute atomic E-state index is 0.00850. The van der Waals surface area contributed by atoms with Gasteiger partial charge >= 0.3 is 11.9 Å². The summed E-state index contributed by atoms with van der Waals surface area (Å²) in [6.45, 7) is 11.2. The van der Waals surface area contributed by atoms with Crippen LogP contribution in [0.5, 0.6) is 0 Å². The fourth-order valence-corrected chi connectivity index (χ4v) is 7.85. The largest absolute Gasteiger partial charge is 0.465 e. The second-order valence-electron chi connectivity index (χ2n) is 17.1. The summed E-state index contributed by atoms with van der Waals surface area (Å²) in [6, 6.07) is 0. The zero-order valence-electron chi connectivity index (χ0n) is 37.6. The van der Waals surface area contributed by atoms with E-state index in [1.165, 1.54) is 103 Å². The molecule has 0 radical (unpaired) electrons. The van der Waals surface area contributed by atoms with Gasteiger partial charge in [0.15, 0.2) is 0 Å². The predicted molar refractivity (Wildman–Crippen MR) is 235 cm³/mol. The third-order valence-electron chi connectivity index (χ3n) is 11.5. The number of unbranched alkanes of at least 4 members (excludes halogenated alkanes) is 18. The summed E-state index contributed by atoms with van der Waals surface area (Å²) < 4.78 is 11.7. The number of carbonyl (C=O) groups is 2. The molecule has 0 amide bonds. The van der Waals surface area contributed by atoms with Gasteiger partial charge in [0.05, 0.1) is 18.6 Å². The van der Waals surface area contributed by atoms with Crippen LogP contribution in [-0.2, 0) is 19.1 Å². The van der Waals surface area contributed by atoms with Crippen LogP contribution in [0.15, 0.2) is 0 Å². The van der Waals surface area contributed by atoms with Gasteiger partial charge in [-0.1, -0.05) is 150 Å². The minimum atomic E-state index is -0.524. The molecule has 0 bridgehead atoms. The van der Waals surface area contributed by atoms with Crippen molar-refractivity contribution in [3.8, 4) is 0 Å². The van der Waals surface area contributed by atoms with Gasteiger partial charge in [0, 0.05) is 39.3 Å². The summed E-state index contributed by atoms with van der Waals surface area (Å²) in [6.07, 6.45) is 33.1. The predicted octanol–water partition coefficient (Wildman–Crippen LogP) is 11.9. The molecule has 3 N–H and O–H groups in total. The highest BCUT2D eigenvalue weighted by Gasteiger charge is 2.21. The van der Waals surface area contributed by atoms with Gasteiger partial charge in [0.25, 0.3) is 0 Å². The molecule has 0 aliphatic heterocycles. The number of esters is 2. The first-order valence-corrected chi connectivity index (χ1v) is 24.3. The number of aliphatic hydroxyl groups is 3. The molecule has 0 aromatic heterocycles. The molecule has 0 aromatic carbocycles. The molecule has 334 valence electrons. The molecule has 8 heteroatoms. The zero-order chi connectivity index (χ0) is 41.3. The van der Waals surface area contributed by atoms with Gasteiger partial charge in [-0.3, -0.25) is 9.59 Å². The molecule has 0 saturated heterocycles. The third kappa shape index (κ3) is 34.8. The van der Waals surface area contributed by atoms with E-state index < -0.39 is 6.10 Å². The highest BCUT2D eigenvalue weighted by Crippen LogP contribution is 2.22. The van der Waals surface area contributed by atoms with Crippen molar-refractivity contribution in [1.82, 2.24) is 4.90 Å². The highest BCUT2D eigenvalue weighted by atomic mass is 16.5. The van der Waals surface area contributed by atoms with Crippen molar-refractivity contribution < 1.29 is 34.4 Å². The van der Waals surface area contributed by atoms with Gasteiger partial charge in [-0.2, -0.15) is 0 Å². The molecule has 0 rings (SSSR count). The Morgan fingerprint density at radius 3 is 1.55 bits per heavy atom. The van der Waals surface area contributed by atoms with E-state index in [0.717, 1.165) is 83.5 Å². The van der Waals surface area contributed by atoms with Crippen LogP contribution in [0.4, 0.5) is 0 Å². The van der Waals surface area contributed by atoms with E-state index in [2.05, 4.69) is 32.6 Å². The highest BCUT2D eigenvalue weighted by molar-refractivity contribution is 5.72. The molecule has 4 atom stereocenters. The average molecular weight is 798 g/mol. The van der Waals surface area contributed by atoms with Crippen molar-refractivity contribution in [3.05, 3.63) is 0 Å². The molecule has 0 aliphatic carbocycles. The molecule has 0 fully saturated rings. The Labute approximate surface area is 347 Å². The smallest absolute Gasteiger partial charge is 0.308 e. The Morgan fingerprint density at radius 2 is 1.02 bits per heavy atom. The van der Waals surface area contributed by atoms with Gasteiger partial charge in [0.2, 0.25) is 0 Å². The lowest BCUT2D eigenvalue weighted by atomic mass is 9.94. The lowest BCUT2D eigenvalue weighted by Crippen LogP contribution is -2.38. The van der Waals surface area contributed by atoms with Gasteiger partial charge < -0.3 is 29.7 Å². The lowest BCUT2D eigenvalue weighted by molar-refractivity contribution is -0.150. The minimum Gasteiger partial charge on any atom is -0.465 e. The third-order valence-corrected chi connectivity index (χ3v) is 11.5. The average Bonchev–Trinajstić information content (AvgIpc) is 3.19. The van der Waals surface area contributed by atoms with Crippen LogP contribution in [0, 0.1) is 11.8 Å². The molecular weight excluding hydrogens is 703 g/mol. The second-order valence-corrected chi connectivity index (χ2v) is 17.1. The summed E-state index contributed by atoms with van der Waals surface area (Å²) in [5.41, 5.74) is 0. The van der Waals surface area contributed by atoms with E-state index in [-0.39, 0.29) is 43.1 Å². The van der Waals surface area contributed by atoms with Gasteiger partial charge in [-0.25, -0.2) is 0 Å². The van der Waals surface area contributed by atoms with Gasteiger partial charge in [-0.15, -0.1) is 0 Å². The maximum absolute atomic E-state index is 13.0. The fraction of sp³-hybridized carbons (Fsp3) is 0.958. The number of carbonyl (C=O) groups excluding carboxylic acids is 2.